The van der Waals surface area contributed by atoms with Crippen LogP contribution in [-0.4, -0.2) is 17.6 Å². The van der Waals surface area contributed by atoms with Crippen molar-refractivity contribution in [3.05, 3.63) is 66.0 Å². The van der Waals surface area contributed by atoms with Gasteiger partial charge in [-0.25, -0.2) is 4.79 Å². The van der Waals surface area contributed by atoms with Crippen molar-refractivity contribution >= 4 is 6.03 Å². The fourth-order valence-corrected chi connectivity index (χ4v) is 2.50. The first-order chi connectivity index (χ1) is 10.3. The average Bonchev–Trinajstić information content (AvgIpc) is 3.34. The van der Waals surface area contributed by atoms with Crippen molar-refractivity contribution in [2.24, 2.45) is 0 Å². The first-order valence-corrected chi connectivity index (χ1v) is 7.26. The SMILES string of the molecule is O=C(NCc1ccccn1)NCC1(c2ccccc2)CC1. The van der Waals surface area contributed by atoms with Crippen LogP contribution in [-0.2, 0) is 12.0 Å². The summed E-state index contributed by atoms with van der Waals surface area (Å²) in [4.78, 5) is 16.0. The molecule has 0 aliphatic heterocycles. The molecule has 1 aliphatic rings. The van der Waals surface area contributed by atoms with E-state index >= 15 is 0 Å². The highest BCUT2D eigenvalue weighted by atomic mass is 16.2. The summed E-state index contributed by atoms with van der Waals surface area (Å²) in [6, 6.07) is 15.9. The minimum atomic E-state index is -0.136. The fraction of sp³-hybridized carbons (Fsp3) is 0.294. The number of benzene rings is 1. The lowest BCUT2D eigenvalue weighted by molar-refractivity contribution is 0.239. The Morgan fingerprint density at radius 1 is 1.05 bits per heavy atom. The number of pyridine rings is 1. The highest BCUT2D eigenvalue weighted by molar-refractivity contribution is 5.74. The summed E-state index contributed by atoms with van der Waals surface area (Å²) in [6.07, 6.45) is 4.00. The van der Waals surface area contributed by atoms with Gasteiger partial charge in [-0.15, -0.1) is 0 Å². The Kier molecular flexibility index (Phi) is 3.86. The van der Waals surface area contributed by atoms with Gasteiger partial charge in [0.15, 0.2) is 0 Å². The molecular formula is C17H19N3O. The molecule has 1 aromatic heterocycles. The summed E-state index contributed by atoms with van der Waals surface area (Å²) in [5, 5.41) is 5.81. The van der Waals surface area contributed by atoms with Gasteiger partial charge < -0.3 is 10.6 Å². The molecule has 0 spiro atoms. The van der Waals surface area contributed by atoms with E-state index in [0.29, 0.717) is 13.1 Å². The fourth-order valence-electron chi connectivity index (χ4n) is 2.50. The van der Waals surface area contributed by atoms with Crippen LogP contribution in [0.25, 0.3) is 0 Å². The van der Waals surface area contributed by atoms with Crippen molar-refractivity contribution < 1.29 is 4.79 Å². The lowest BCUT2D eigenvalue weighted by atomic mass is 9.96. The Morgan fingerprint density at radius 3 is 2.48 bits per heavy atom. The van der Waals surface area contributed by atoms with Crippen molar-refractivity contribution in [2.45, 2.75) is 24.8 Å². The van der Waals surface area contributed by atoms with Gasteiger partial charge in [-0.05, 0) is 30.5 Å². The third kappa shape index (κ3) is 3.40. The van der Waals surface area contributed by atoms with Crippen LogP contribution in [0, 0.1) is 0 Å². The summed E-state index contributed by atoms with van der Waals surface area (Å²) in [5.41, 5.74) is 2.32. The maximum absolute atomic E-state index is 11.9. The van der Waals surface area contributed by atoms with Crippen LogP contribution < -0.4 is 10.6 Å². The monoisotopic (exact) mass is 281 g/mol. The third-order valence-electron chi connectivity index (χ3n) is 3.98. The minimum Gasteiger partial charge on any atom is -0.337 e. The van der Waals surface area contributed by atoms with Gasteiger partial charge in [0, 0.05) is 18.2 Å². The normalized spacial score (nSPS) is 15.2. The van der Waals surface area contributed by atoms with Crippen LogP contribution in [0.15, 0.2) is 54.7 Å². The van der Waals surface area contributed by atoms with E-state index in [1.807, 2.05) is 24.3 Å². The topological polar surface area (TPSA) is 54.0 Å². The van der Waals surface area contributed by atoms with Gasteiger partial charge in [-0.2, -0.15) is 0 Å². The Bertz CT molecular complexity index is 594. The van der Waals surface area contributed by atoms with E-state index < -0.39 is 0 Å². The van der Waals surface area contributed by atoms with E-state index in [9.17, 15) is 4.79 Å². The zero-order valence-electron chi connectivity index (χ0n) is 11.9. The number of hydrogen-bond donors (Lipinski definition) is 2. The van der Waals surface area contributed by atoms with Crippen molar-refractivity contribution in [1.82, 2.24) is 15.6 Å². The number of carbonyl (C=O) groups is 1. The average molecular weight is 281 g/mol. The molecule has 0 unspecified atom stereocenters. The lowest BCUT2D eigenvalue weighted by Gasteiger charge is -2.16. The van der Waals surface area contributed by atoms with Crippen LogP contribution in [0.4, 0.5) is 4.79 Å². The molecule has 1 saturated carbocycles. The predicted octanol–water partition coefficient (Wildman–Crippen LogP) is 2.61. The molecule has 2 N–H and O–H groups in total. The number of carbonyl (C=O) groups excluding carboxylic acids is 1. The number of rotatable bonds is 5. The van der Waals surface area contributed by atoms with Gasteiger partial charge in [-0.3, -0.25) is 4.98 Å². The van der Waals surface area contributed by atoms with E-state index in [1.54, 1.807) is 6.20 Å². The van der Waals surface area contributed by atoms with Crippen molar-refractivity contribution in [3.8, 4) is 0 Å². The first kappa shape index (κ1) is 13.6. The Balaban J connectivity index is 1.48. The number of hydrogen-bond acceptors (Lipinski definition) is 2. The number of amides is 2. The molecule has 2 amide bonds. The summed E-state index contributed by atoms with van der Waals surface area (Å²) >= 11 is 0. The smallest absolute Gasteiger partial charge is 0.315 e. The van der Waals surface area contributed by atoms with Crippen LogP contribution in [0.3, 0.4) is 0 Å². The van der Waals surface area contributed by atoms with E-state index in [1.165, 1.54) is 5.56 Å². The zero-order chi connectivity index (χ0) is 14.5. The Hall–Kier alpha value is -2.36. The standard InChI is InChI=1S/C17H19N3O/c21-16(19-12-15-8-4-5-11-18-15)20-13-17(9-10-17)14-6-2-1-3-7-14/h1-8,11H,9-10,12-13H2,(H2,19,20,21). The quantitative estimate of drug-likeness (QED) is 0.885. The molecule has 0 radical (unpaired) electrons. The largest absolute Gasteiger partial charge is 0.337 e. The highest BCUT2D eigenvalue weighted by Crippen LogP contribution is 2.47. The number of nitrogens with one attached hydrogen (secondary N) is 2. The molecule has 2 aromatic rings. The second-order valence-electron chi connectivity index (χ2n) is 5.50. The van der Waals surface area contributed by atoms with Gasteiger partial charge in [0.1, 0.15) is 0 Å². The van der Waals surface area contributed by atoms with Crippen molar-refractivity contribution in [3.63, 3.8) is 0 Å². The van der Waals surface area contributed by atoms with Gasteiger partial charge in [0.05, 0.1) is 12.2 Å². The van der Waals surface area contributed by atoms with Crippen molar-refractivity contribution in [1.29, 1.82) is 0 Å². The molecule has 21 heavy (non-hydrogen) atoms. The molecule has 3 rings (SSSR count). The lowest BCUT2D eigenvalue weighted by Crippen LogP contribution is -2.39. The number of nitrogens with zero attached hydrogens (tertiary/aromatic N) is 1. The molecule has 108 valence electrons. The third-order valence-corrected chi connectivity index (χ3v) is 3.98. The Labute approximate surface area is 124 Å². The molecule has 4 nitrogen and oxygen atoms in total. The van der Waals surface area contributed by atoms with Gasteiger partial charge in [0.2, 0.25) is 0 Å². The van der Waals surface area contributed by atoms with Crippen LogP contribution in [0.2, 0.25) is 0 Å². The van der Waals surface area contributed by atoms with Crippen LogP contribution >= 0.6 is 0 Å². The molecule has 4 heteroatoms. The predicted molar refractivity (Wildman–Crippen MR) is 81.8 cm³/mol. The zero-order valence-corrected chi connectivity index (χ0v) is 11.9. The Morgan fingerprint density at radius 2 is 1.81 bits per heavy atom. The minimum absolute atomic E-state index is 0.136. The van der Waals surface area contributed by atoms with Gasteiger partial charge in [0.25, 0.3) is 0 Å². The number of aromatic nitrogens is 1. The summed E-state index contributed by atoms with van der Waals surface area (Å²) in [5.74, 6) is 0. The summed E-state index contributed by atoms with van der Waals surface area (Å²) < 4.78 is 0. The van der Waals surface area contributed by atoms with E-state index in [4.69, 9.17) is 0 Å². The van der Waals surface area contributed by atoms with E-state index in [0.717, 1.165) is 18.5 Å². The molecule has 1 aliphatic carbocycles. The molecule has 1 aromatic carbocycles. The second kappa shape index (κ2) is 5.95. The van der Waals surface area contributed by atoms with Crippen molar-refractivity contribution in [2.75, 3.05) is 6.54 Å². The molecule has 1 heterocycles. The first-order valence-electron chi connectivity index (χ1n) is 7.26. The van der Waals surface area contributed by atoms with E-state index in [-0.39, 0.29) is 11.4 Å². The van der Waals surface area contributed by atoms with Gasteiger partial charge >= 0.3 is 6.03 Å². The van der Waals surface area contributed by atoms with Gasteiger partial charge in [-0.1, -0.05) is 36.4 Å². The summed E-state index contributed by atoms with van der Waals surface area (Å²) in [6.45, 7) is 1.13. The molecule has 0 saturated heterocycles. The number of urea groups is 1. The van der Waals surface area contributed by atoms with Crippen LogP contribution in [0.5, 0.6) is 0 Å². The second-order valence-corrected chi connectivity index (χ2v) is 5.50. The molecule has 0 atom stereocenters. The summed E-state index contributed by atoms with van der Waals surface area (Å²) in [7, 11) is 0. The maximum Gasteiger partial charge on any atom is 0.315 e. The highest BCUT2D eigenvalue weighted by Gasteiger charge is 2.44. The van der Waals surface area contributed by atoms with E-state index in [2.05, 4.69) is 39.9 Å². The van der Waals surface area contributed by atoms with Crippen LogP contribution in [0.1, 0.15) is 24.1 Å². The molecular weight excluding hydrogens is 262 g/mol. The molecule has 0 bridgehead atoms. The maximum atomic E-state index is 11.9. The molecule has 1 fully saturated rings.